The third-order valence-corrected chi connectivity index (χ3v) is 5.52. The van der Waals surface area contributed by atoms with Gasteiger partial charge in [0.15, 0.2) is 11.5 Å². The lowest BCUT2D eigenvalue weighted by atomic mass is 10.2. The number of rotatable bonds is 7. The fourth-order valence-electron chi connectivity index (χ4n) is 2.25. The molecule has 2 heterocycles. The number of nitrogens with one attached hydrogen (secondary N) is 1. The molecule has 0 aliphatic rings. The van der Waals surface area contributed by atoms with Crippen molar-refractivity contribution in [1.29, 1.82) is 0 Å². The first-order chi connectivity index (χ1) is 12.2. The predicted octanol–water partition coefficient (Wildman–Crippen LogP) is 3.12. The van der Waals surface area contributed by atoms with Gasteiger partial charge in [0.05, 0.1) is 30.2 Å². The first-order valence-electron chi connectivity index (χ1n) is 7.50. The van der Waals surface area contributed by atoms with E-state index >= 15 is 0 Å². The lowest BCUT2D eigenvalue weighted by Crippen LogP contribution is -2.24. The Balaban J connectivity index is 1.55. The van der Waals surface area contributed by atoms with Crippen LogP contribution in [-0.4, -0.2) is 35.8 Å². The smallest absolute Gasteiger partial charge is 0.230 e. The Morgan fingerprint density at radius 2 is 2.04 bits per heavy atom. The van der Waals surface area contributed by atoms with Crippen molar-refractivity contribution in [2.24, 2.45) is 0 Å². The maximum atomic E-state index is 12.1. The van der Waals surface area contributed by atoms with Crippen molar-refractivity contribution in [2.45, 2.75) is 11.6 Å². The van der Waals surface area contributed by atoms with Crippen LogP contribution in [0.5, 0.6) is 11.5 Å². The number of nitrogens with zero attached hydrogens (tertiary/aromatic N) is 2. The van der Waals surface area contributed by atoms with Gasteiger partial charge in [-0.3, -0.25) is 4.79 Å². The average molecular weight is 375 g/mol. The summed E-state index contributed by atoms with van der Waals surface area (Å²) in [6.45, 7) is 0.429. The molecule has 6 nitrogen and oxygen atoms in total. The zero-order chi connectivity index (χ0) is 17.6. The van der Waals surface area contributed by atoms with E-state index in [1.54, 1.807) is 25.6 Å². The largest absolute Gasteiger partial charge is 0.493 e. The highest BCUT2D eigenvalue weighted by molar-refractivity contribution is 8.00. The molecule has 1 N–H and O–H groups in total. The molecule has 0 spiro atoms. The molecule has 8 heteroatoms. The van der Waals surface area contributed by atoms with Crippen LogP contribution in [0.2, 0.25) is 0 Å². The van der Waals surface area contributed by atoms with Crippen LogP contribution >= 0.6 is 23.1 Å². The molecule has 0 unspecified atom stereocenters. The molecule has 1 aromatic carbocycles. The second-order valence-electron chi connectivity index (χ2n) is 5.07. The minimum Gasteiger partial charge on any atom is -0.493 e. The van der Waals surface area contributed by atoms with Gasteiger partial charge >= 0.3 is 0 Å². The van der Waals surface area contributed by atoms with Crippen molar-refractivity contribution < 1.29 is 14.3 Å². The molecule has 3 aromatic rings. The summed E-state index contributed by atoms with van der Waals surface area (Å²) < 4.78 is 11.5. The van der Waals surface area contributed by atoms with E-state index < -0.39 is 0 Å². The second-order valence-corrected chi connectivity index (χ2v) is 6.95. The van der Waals surface area contributed by atoms with Gasteiger partial charge in [0.2, 0.25) is 5.91 Å². The topological polar surface area (TPSA) is 73.3 Å². The summed E-state index contributed by atoms with van der Waals surface area (Å²) in [6.07, 6.45) is 1.53. The van der Waals surface area contributed by atoms with Crippen LogP contribution in [0.15, 0.2) is 41.0 Å². The molecular weight excluding hydrogens is 358 g/mol. The zero-order valence-corrected chi connectivity index (χ0v) is 15.4. The number of ether oxygens (including phenoxy) is 2. The molecule has 0 saturated heterocycles. The Bertz CT molecular complexity index is 882. The Hall–Kier alpha value is -2.32. The highest BCUT2D eigenvalue weighted by Crippen LogP contribution is 2.29. The number of carbonyl (C=O) groups excluding carboxylic acids is 1. The quantitative estimate of drug-likeness (QED) is 0.505. The van der Waals surface area contributed by atoms with Crippen LogP contribution in [0.1, 0.15) is 5.56 Å². The van der Waals surface area contributed by atoms with Gasteiger partial charge in [-0.15, -0.1) is 11.3 Å². The number of thiophene rings is 1. The van der Waals surface area contributed by atoms with E-state index in [1.165, 1.54) is 18.1 Å². The van der Waals surface area contributed by atoms with Crippen molar-refractivity contribution in [3.05, 3.63) is 41.5 Å². The van der Waals surface area contributed by atoms with Crippen LogP contribution in [0.4, 0.5) is 0 Å². The van der Waals surface area contributed by atoms with Crippen LogP contribution in [0, 0.1) is 0 Å². The number of benzene rings is 1. The summed E-state index contributed by atoms with van der Waals surface area (Å²) in [5.74, 6) is 1.56. The van der Waals surface area contributed by atoms with E-state index in [1.807, 2.05) is 29.6 Å². The lowest BCUT2D eigenvalue weighted by Gasteiger charge is -2.10. The molecule has 0 bridgehead atoms. The SMILES string of the molecule is COc1ccc(CNC(=O)CSc2ncnc3ccsc23)cc1OC. The first-order valence-corrected chi connectivity index (χ1v) is 9.36. The van der Waals surface area contributed by atoms with E-state index in [4.69, 9.17) is 9.47 Å². The standard InChI is InChI=1S/C17H17N3O3S2/c1-22-13-4-3-11(7-14(13)23-2)8-18-15(21)9-25-17-16-12(5-6-24-16)19-10-20-17/h3-7,10H,8-9H2,1-2H3,(H,18,21). The van der Waals surface area contributed by atoms with Crippen molar-refractivity contribution in [3.8, 4) is 11.5 Å². The number of thioether (sulfide) groups is 1. The van der Waals surface area contributed by atoms with Gasteiger partial charge in [0.1, 0.15) is 11.4 Å². The van der Waals surface area contributed by atoms with E-state index in [0.717, 1.165) is 20.8 Å². The fourth-order valence-corrected chi connectivity index (χ4v) is 4.02. The lowest BCUT2D eigenvalue weighted by molar-refractivity contribution is -0.118. The minimum absolute atomic E-state index is 0.0527. The third kappa shape index (κ3) is 4.21. The molecule has 25 heavy (non-hydrogen) atoms. The van der Waals surface area contributed by atoms with Gasteiger partial charge in [0.25, 0.3) is 0 Å². The molecule has 130 valence electrons. The normalized spacial score (nSPS) is 10.6. The Morgan fingerprint density at radius 1 is 1.20 bits per heavy atom. The van der Waals surface area contributed by atoms with E-state index in [-0.39, 0.29) is 5.91 Å². The molecule has 0 atom stereocenters. The number of amides is 1. The zero-order valence-electron chi connectivity index (χ0n) is 13.8. The number of methoxy groups -OCH3 is 2. The van der Waals surface area contributed by atoms with E-state index in [9.17, 15) is 4.79 Å². The average Bonchev–Trinajstić information content (AvgIpc) is 3.13. The van der Waals surface area contributed by atoms with Gasteiger partial charge in [-0.25, -0.2) is 9.97 Å². The van der Waals surface area contributed by atoms with Crippen LogP contribution < -0.4 is 14.8 Å². The van der Waals surface area contributed by atoms with Crippen molar-refractivity contribution >= 4 is 39.2 Å². The van der Waals surface area contributed by atoms with E-state index in [2.05, 4.69) is 15.3 Å². The molecule has 0 radical (unpaired) electrons. The summed E-state index contributed by atoms with van der Waals surface area (Å²) in [7, 11) is 3.18. The number of fused-ring (bicyclic) bond motifs is 1. The van der Waals surface area contributed by atoms with Crippen LogP contribution in [0.3, 0.4) is 0 Å². The van der Waals surface area contributed by atoms with Crippen molar-refractivity contribution in [3.63, 3.8) is 0 Å². The molecule has 0 fully saturated rings. The summed E-state index contributed by atoms with van der Waals surface area (Å²) in [4.78, 5) is 20.6. The van der Waals surface area contributed by atoms with Gasteiger partial charge < -0.3 is 14.8 Å². The minimum atomic E-state index is -0.0527. The molecule has 1 amide bonds. The monoisotopic (exact) mass is 375 g/mol. The second kappa shape index (κ2) is 8.17. The third-order valence-electron chi connectivity index (χ3n) is 3.49. The Morgan fingerprint density at radius 3 is 2.84 bits per heavy atom. The van der Waals surface area contributed by atoms with Crippen LogP contribution in [-0.2, 0) is 11.3 Å². The number of aromatic nitrogens is 2. The summed E-state index contributed by atoms with van der Waals surface area (Å²) in [6, 6.07) is 7.52. The van der Waals surface area contributed by atoms with Gasteiger partial charge in [-0.05, 0) is 29.1 Å². The summed E-state index contributed by atoms with van der Waals surface area (Å²) in [5, 5.41) is 5.71. The summed E-state index contributed by atoms with van der Waals surface area (Å²) in [5.41, 5.74) is 1.85. The Kier molecular flexibility index (Phi) is 5.72. The van der Waals surface area contributed by atoms with Gasteiger partial charge in [0, 0.05) is 6.54 Å². The number of hydrogen-bond acceptors (Lipinski definition) is 7. The molecule has 0 aliphatic heterocycles. The van der Waals surface area contributed by atoms with Crippen molar-refractivity contribution in [1.82, 2.24) is 15.3 Å². The van der Waals surface area contributed by atoms with Gasteiger partial charge in [-0.1, -0.05) is 17.8 Å². The van der Waals surface area contributed by atoms with Crippen molar-refractivity contribution in [2.75, 3.05) is 20.0 Å². The molecular formula is C17H17N3O3S2. The Labute approximate surface area is 153 Å². The summed E-state index contributed by atoms with van der Waals surface area (Å²) >= 11 is 2.99. The fraction of sp³-hybridized carbons (Fsp3) is 0.235. The molecule has 2 aromatic heterocycles. The highest BCUT2D eigenvalue weighted by atomic mass is 32.2. The molecule has 0 saturated carbocycles. The first kappa shape index (κ1) is 17.5. The highest BCUT2D eigenvalue weighted by Gasteiger charge is 2.10. The molecule has 0 aliphatic carbocycles. The molecule has 3 rings (SSSR count). The number of hydrogen-bond donors (Lipinski definition) is 1. The maximum Gasteiger partial charge on any atom is 0.230 e. The van der Waals surface area contributed by atoms with Crippen LogP contribution in [0.25, 0.3) is 10.2 Å². The van der Waals surface area contributed by atoms with Gasteiger partial charge in [-0.2, -0.15) is 0 Å². The number of carbonyl (C=O) groups is 1. The van der Waals surface area contributed by atoms with E-state index in [0.29, 0.717) is 23.8 Å². The predicted molar refractivity (Wildman–Crippen MR) is 99.5 cm³/mol. The maximum absolute atomic E-state index is 12.1.